The smallest absolute Gasteiger partial charge is 0.294 e. The van der Waals surface area contributed by atoms with Crippen LogP contribution in [0, 0.1) is 13.8 Å². The monoisotopic (exact) mass is 565 g/mol. The standard InChI is InChI=1S/C27H27N5O7S/c1-14-10-11-17(40(34,35)36)15(2)18(14)20-21-22(39-27(3,4)38-21)26(37-20)32-13-30-19-23(28-12-29-24(19)32)31-25(33)16-8-6-5-7-9-16/h5-13,20-22,26H,1-4H3,(H,34,35,36)(H,28,29,31,33)/t20-,21-,22-,26-/m1/s1. The number of aromatic nitrogens is 4. The second-order valence-corrected chi connectivity index (χ2v) is 11.7. The molecule has 2 fully saturated rings. The van der Waals surface area contributed by atoms with E-state index in [-0.39, 0.29) is 16.6 Å². The zero-order valence-electron chi connectivity index (χ0n) is 22.1. The van der Waals surface area contributed by atoms with Crippen molar-refractivity contribution in [2.45, 2.75) is 62.9 Å². The molecule has 0 saturated carbocycles. The van der Waals surface area contributed by atoms with Crippen LogP contribution in [0.1, 0.15) is 53.2 Å². The number of ether oxygens (including phenoxy) is 3. The number of hydrogen-bond donors (Lipinski definition) is 2. The maximum Gasteiger partial charge on any atom is 0.294 e. The first-order valence-electron chi connectivity index (χ1n) is 12.6. The normalized spacial score (nSPS) is 23.8. The molecule has 1 amide bonds. The molecule has 208 valence electrons. The molecule has 4 aromatic rings. The second-order valence-electron chi connectivity index (χ2n) is 10.3. The van der Waals surface area contributed by atoms with Gasteiger partial charge in [-0.25, -0.2) is 15.0 Å². The number of nitrogens with one attached hydrogen (secondary N) is 1. The topological polar surface area (TPSA) is 155 Å². The largest absolute Gasteiger partial charge is 0.344 e. The molecule has 4 heterocycles. The van der Waals surface area contributed by atoms with Crippen molar-refractivity contribution in [1.29, 1.82) is 0 Å². The van der Waals surface area contributed by atoms with E-state index < -0.39 is 40.4 Å². The van der Waals surface area contributed by atoms with Gasteiger partial charge in [0.2, 0.25) is 0 Å². The highest BCUT2D eigenvalue weighted by Crippen LogP contribution is 2.51. The molecule has 0 aliphatic carbocycles. The van der Waals surface area contributed by atoms with Gasteiger partial charge < -0.3 is 19.5 Å². The van der Waals surface area contributed by atoms with E-state index in [1.54, 1.807) is 55.7 Å². The van der Waals surface area contributed by atoms with Gasteiger partial charge in [0.1, 0.15) is 24.6 Å². The van der Waals surface area contributed by atoms with E-state index in [1.165, 1.54) is 18.7 Å². The van der Waals surface area contributed by atoms with Gasteiger partial charge in [-0.3, -0.25) is 13.9 Å². The Morgan fingerprint density at radius 1 is 1.02 bits per heavy atom. The van der Waals surface area contributed by atoms with Crippen LogP contribution in [0.15, 0.2) is 60.0 Å². The van der Waals surface area contributed by atoms with Gasteiger partial charge in [0.05, 0.1) is 11.2 Å². The van der Waals surface area contributed by atoms with Crippen LogP contribution in [0.3, 0.4) is 0 Å². The average molecular weight is 566 g/mol. The Kier molecular flexibility index (Phi) is 6.23. The summed E-state index contributed by atoms with van der Waals surface area (Å²) in [5, 5.41) is 2.79. The Labute approximate surface area is 230 Å². The van der Waals surface area contributed by atoms with Crippen molar-refractivity contribution in [2.24, 2.45) is 0 Å². The van der Waals surface area contributed by atoms with Crippen LogP contribution >= 0.6 is 0 Å². The Bertz CT molecular complexity index is 1740. The van der Waals surface area contributed by atoms with E-state index in [9.17, 15) is 17.8 Å². The molecule has 0 unspecified atom stereocenters. The highest BCUT2D eigenvalue weighted by atomic mass is 32.2. The lowest BCUT2D eigenvalue weighted by molar-refractivity contribution is -0.197. The number of rotatable bonds is 5. The number of amides is 1. The summed E-state index contributed by atoms with van der Waals surface area (Å²) >= 11 is 0. The predicted octanol–water partition coefficient (Wildman–Crippen LogP) is 3.73. The summed E-state index contributed by atoms with van der Waals surface area (Å²) in [4.78, 5) is 25.7. The summed E-state index contributed by atoms with van der Waals surface area (Å²) in [7, 11) is -4.46. The van der Waals surface area contributed by atoms with Crippen molar-refractivity contribution >= 4 is 33.0 Å². The van der Waals surface area contributed by atoms with Crippen LogP contribution in [-0.2, 0) is 24.3 Å². The first-order valence-corrected chi connectivity index (χ1v) is 14.0. The molecule has 2 saturated heterocycles. The number of anilines is 1. The lowest BCUT2D eigenvalue weighted by Crippen LogP contribution is -2.27. The van der Waals surface area contributed by atoms with Gasteiger partial charge >= 0.3 is 0 Å². The molecule has 2 aromatic carbocycles. The van der Waals surface area contributed by atoms with E-state index in [2.05, 4.69) is 20.3 Å². The molecule has 4 atom stereocenters. The summed E-state index contributed by atoms with van der Waals surface area (Å²) in [6.45, 7) is 7.04. The molecule has 0 bridgehead atoms. The molecule has 0 spiro atoms. The van der Waals surface area contributed by atoms with E-state index in [1.807, 2.05) is 13.0 Å². The molecule has 12 nitrogen and oxygen atoms in total. The molecule has 2 aliphatic rings. The van der Waals surface area contributed by atoms with Gasteiger partial charge in [-0.15, -0.1) is 0 Å². The van der Waals surface area contributed by atoms with E-state index in [0.29, 0.717) is 27.9 Å². The second kappa shape index (κ2) is 9.42. The van der Waals surface area contributed by atoms with Crippen LogP contribution in [0.25, 0.3) is 11.2 Å². The van der Waals surface area contributed by atoms with E-state index in [4.69, 9.17) is 14.2 Å². The maximum absolute atomic E-state index is 12.8. The van der Waals surface area contributed by atoms with Crippen molar-refractivity contribution in [3.8, 4) is 0 Å². The van der Waals surface area contributed by atoms with Crippen molar-refractivity contribution in [2.75, 3.05) is 5.32 Å². The Hall–Kier alpha value is -3.75. The van der Waals surface area contributed by atoms with Gasteiger partial charge in [0.25, 0.3) is 16.0 Å². The van der Waals surface area contributed by atoms with Crippen LogP contribution in [0.5, 0.6) is 0 Å². The number of carbonyl (C=O) groups excluding carboxylic acids is 1. The fourth-order valence-corrected chi connectivity index (χ4v) is 6.23. The minimum absolute atomic E-state index is 0.200. The Morgan fingerprint density at radius 3 is 2.48 bits per heavy atom. The molecule has 2 aromatic heterocycles. The number of imidazole rings is 1. The fourth-order valence-electron chi connectivity index (χ4n) is 5.49. The van der Waals surface area contributed by atoms with Crippen molar-refractivity contribution in [3.63, 3.8) is 0 Å². The summed E-state index contributed by atoms with van der Waals surface area (Å²) in [5.41, 5.74) is 2.94. The third-order valence-corrected chi connectivity index (χ3v) is 8.17. The van der Waals surface area contributed by atoms with Crippen LogP contribution in [-0.4, -0.2) is 56.4 Å². The van der Waals surface area contributed by atoms with E-state index >= 15 is 0 Å². The molecule has 6 rings (SSSR count). The minimum atomic E-state index is -4.46. The average Bonchev–Trinajstić information content (AvgIpc) is 3.55. The maximum atomic E-state index is 12.8. The Morgan fingerprint density at radius 2 is 1.75 bits per heavy atom. The van der Waals surface area contributed by atoms with Gasteiger partial charge in [-0.1, -0.05) is 24.3 Å². The first kappa shape index (κ1) is 26.5. The lowest BCUT2D eigenvalue weighted by atomic mass is 9.94. The Balaban J connectivity index is 1.40. The van der Waals surface area contributed by atoms with Gasteiger partial charge in [-0.2, -0.15) is 8.42 Å². The molecule has 0 radical (unpaired) electrons. The molecule has 40 heavy (non-hydrogen) atoms. The molecular weight excluding hydrogens is 538 g/mol. The molecule has 13 heteroatoms. The van der Waals surface area contributed by atoms with Crippen LogP contribution in [0.4, 0.5) is 5.82 Å². The third kappa shape index (κ3) is 4.45. The van der Waals surface area contributed by atoms with E-state index in [0.717, 1.165) is 5.56 Å². The minimum Gasteiger partial charge on any atom is -0.344 e. The zero-order valence-corrected chi connectivity index (χ0v) is 22.9. The molecule has 2 N–H and O–H groups in total. The fraction of sp³-hybridized carbons (Fsp3) is 0.333. The van der Waals surface area contributed by atoms with Crippen molar-refractivity contribution in [3.05, 3.63) is 77.4 Å². The highest BCUT2D eigenvalue weighted by Gasteiger charge is 2.57. The number of fused-ring (bicyclic) bond motifs is 2. The third-order valence-electron chi connectivity index (χ3n) is 7.18. The summed E-state index contributed by atoms with van der Waals surface area (Å²) in [5.74, 6) is -1.05. The number of benzene rings is 2. The van der Waals surface area contributed by atoms with Gasteiger partial charge in [-0.05, 0) is 62.6 Å². The number of nitrogens with zero attached hydrogens (tertiary/aromatic N) is 4. The summed E-state index contributed by atoms with van der Waals surface area (Å²) in [6.07, 6.45) is 0.154. The zero-order chi connectivity index (χ0) is 28.4. The van der Waals surface area contributed by atoms with Crippen molar-refractivity contribution in [1.82, 2.24) is 19.5 Å². The summed E-state index contributed by atoms with van der Waals surface area (Å²) < 4.78 is 54.7. The number of hydrogen-bond acceptors (Lipinski definition) is 9. The first-order chi connectivity index (χ1) is 18.9. The highest BCUT2D eigenvalue weighted by molar-refractivity contribution is 7.85. The van der Waals surface area contributed by atoms with Crippen LogP contribution < -0.4 is 5.32 Å². The summed E-state index contributed by atoms with van der Waals surface area (Å²) in [6, 6.07) is 11.7. The van der Waals surface area contributed by atoms with Gasteiger partial charge in [0.15, 0.2) is 29.0 Å². The quantitative estimate of drug-likeness (QED) is 0.342. The molecule has 2 aliphatic heterocycles. The predicted molar refractivity (Wildman–Crippen MR) is 142 cm³/mol. The molecular formula is C27H27N5O7S. The lowest BCUT2D eigenvalue weighted by Gasteiger charge is -2.26. The number of carbonyl (C=O) groups is 1. The van der Waals surface area contributed by atoms with Crippen molar-refractivity contribution < 1.29 is 32.0 Å². The SMILES string of the molecule is Cc1ccc(S(=O)(=O)O)c(C)c1[C@H]1O[C@@H](n2cnc3c(NC(=O)c4ccccc4)ncnc32)[C@@H]2OC(C)(C)O[C@@H]21. The van der Waals surface area contributed by atoms with Gasteiger partial charge in [0, 0.05) is 5.56 Å². The van der Waals surface area contributed by atoms with Crippen LogP contribution in [0.2, 0.25) is 0 Å². The number of aryl methyl sites for hydroxylation is 1.